The summed E-state index contributed by atoms with van der Waals surface area (Å²) in [6.45, 7) is 6.27. The molecule has 0 bridgehead atoms. The molecule has 4 nitrogen and oxygen atoms in total. The average molecular weight is 292 g/mol. The van der Waals surface area contributed by atoms with Crippen molar-refractivity contribution in [1.82, 2.24) is 15.0 Å². The van der Waals surface area contributed by atoms with Gasteiger partial charge in [-0.05, 0) is 37.5 Å². The highest BCUT2D eigenvalue weighted by Crippen LogP contribution is 2.27. The molecule has 0 spiro atoms. The molecule has 22 heavy (non-hydrogen) atoms. The number of anilines is 1. The minimum atomic E-state index is 0.566. The molecule has 0 saturated heterocycles. The highest BCUT2D eigenvalue weighted by Gasteiger charge is 2.14. The number of hydrogen-bond acceptors (Lipinski definition) is 3. The Morgan fingerprint density at radius 3 is 2.41 bits per heavy atom. The van der Waals surface area contributed by atoms with E-state index in [1.807, 2.05) is 18.2 Å². The third-order valence-electron chi connectivity index (χ3n) is 3.92. The molecule has 2 N–H and O–H groups in total. The number of benzene rings is 2. The topological polar surface area (TPSA) is 56.7 Å². The molecule has 3 aromatic rings. The van der Waals surface area contributed by atoms with Gasteiger partial charge in [-0.15, -0.1) is 5.10 Å². The van der Waals surface area contributed by atoms with Gasteiger partial charge in [0.15, 0.2) is 5.82 Å². The van der Waals surface area contributed by atoms with E-state index in [-0.39, 0.29) is 0 Å². The summed E-state index contributed by atoms with van der Waals surface area (Å²) in [7, 11) is 0. The SMILES string of the molecule is CCc1ccc(-c2nnn(-c3ccc(C)cc3C)c2N)cc1. The summed E-state index contributed by atoms with van der Waals surface area (Å²) in [5, 5.41) is 8.51. The van der Waals surface area contributed by atoms with Crippen LogP contribution in [0.15, 0.2) is 42.5 Å². The normalized spacial score (nSPS) is 10.9. The number of nitrogens with zero attached hydrogens (tertiary/aromatic N) is 3. The summed E-state index contributed by atoms with van der Waals surface area (Å²) in [6.07, 6.45) is 1.02. The quantitative estimate of drug-likeness (QED) is 0.801. The first-order chi connectivity index (χ1) is 10.6. The summed E-state index contributed by atoms with van der Waals surface area (Å²) in [5.41, 5.74) is 12.6. The second-order valence-corrected chi connectivity index (χ2v) is 5.58. The molecule has 0 aliphatic carbocycles. The molecule has 0 aliphatic heterocycles. The number of nitrogens with two attached hydrogens (primary N) is 1. The average Bonchev–Trinajstić information content (AvgIpc) is 2.89. The molecule has 1 aromatic heterocycles. The van der Waals surface area contributed by atoms with Crippen LogP contribution in [-0.2, 0) is 6.42 Å². The fraction of sp³-hybridized carbons (Fsp3) is 0.222. The van der Waals surface area contributed by atoms with E-state index < -0.39 is 0 Å². The van der Waals surface area contributed by atoms with Gasteiger partial charge in [0.25, 0.3) is 0 Å². The molecule has 0 saturated carbocycles. The Morgan fingerprint density at radius 1 is 1.05 bits per heavy atom. The molecule has 0 radical (unpaired) electrons. The second-order valence-electron chi connectivity index (χ2n) is 5.58. The fourth-order valence-corrected chi connectivity index (χ4v) is 2.61. The highest BCUT2D eigenvalue weighted by molar-refractivity contribution is 5.71. The van der Waals surface area contributed by atoms with Gasteiger partial charge in [0.05, 0.1) is 5.69 Å². The standard InChI is InChI=1S/C18H20N4/c1-4-14-6-8-15(9-7-14)17-18(19)22(21-20-17)16-10-5-12(2)11-13(16)3/h5-11H,4,19H2,1-3H3. The second kappa shape index (κ2) is 5.64. The van der Waals surface area contributed by atoms with Gasteiger partial charge >= 0.3 is 0 Å². The van der Waals surface area contributed by atoms with Crippen molar-refractivity contribution >= 4 is 5.82 Å². The molecule has 0 fully saturated rings. The molecule has 3 rings (SSSR count). The zero-order chi connectivity index (χ0) is 15.7. The first-order valence-electron chi connectivity index (χ1n) is 7.48. The van der Waals surface area contributed by atoms with Crippen LogP contribution < -0.4 is 5.73 Å². The van der Waals surface area contributed by atoms with E-state index in [0.717, 1.165) is 28.9 Å². The maximum absolute atomic E-state index is 6.28. The van der Waals surface area contributed by atoms with Gasteiger partial charge in [-0.1, -0.05) is 54.1 Å². The van der Waals surface area contributed by atoms with Crippen molar-refractivity contribution in [1.29, 1.82) is 0 Å². The van der Waals surface area contributed by atoms with Crippen molar-refractivity contribution in [3.05, 3.63) is 59.2 Å². The van der Waals surface area contributed by atoms with Crippen molar-refractivity contribution in [3.63, 3.8) is 0 Å². The van der Waals surface area contributed by atoms with Gasteiger partial charge in [-0.2, -0.15) is 4.68 Å². The molecule has 112 valence electrons. The van der Waals surface area contributed by atoms with E-state index in [2.05, 4.69) is 55.3 Å². The monoisotopic (exact) mass is 292 g/mol. The third kappa shape index (κ3) is 2.48. The number of aromatic nitrogens is 3. The number of nitrogen functional groups attached to an aromatic ring is 1. The third-order valence-corrected chi connectivity index (χ3v) is 3.92. The van der Waals surface area contributed by atoms with Crippen LogP contribution in [0.2, 0.25) is 0 Å². The van der Waals surface area contributed by atoms with Crippen molar-refractivity contribution in [3.8, 4) is 16.9 Å². The lowest BCUT2D eigenvalue weighted by Crippen LogP contribution is -2.04. The molecule has 0 amide bonds. The summed E-state index contributed by atoms with van der Waals surface area (Å²) < 4.78 is 1.71. The van der Waals surface area contributed by atoms with Gasteiger partial charge in [0.1, 0.15) is 5.69 Å². The summed E-state index contributed by atoms with van der Waals surface area (Å²) in [5.74, 6) is 0.566. The van der Waals surface area contributed by atoms with Crippen LogP contribution in [0.3, 0.4) is 0 Å². The minimum absolute atomic E-state index is 0.566. The minimum Gasteiger partial charge on any atom is -0.382 e. The van der Waals surface area contributed by atoms with Crippen molar-refractivity contribution in [2.75, 3.05) is 5.73 Å². The van der Waals surface area contributed by atoms with E-state index in [1.54, 1.807) is 4.68 Å². The van der Waals surface area contributed by atoms with Crippen LogP contribution in [-0.4, -0.2) is 15.0 Å². The van der Waals surface area contributed by atoms with Gasteiger partial charge < -0.3 is 5.73 Å². The molecule has 2 aromatic carbocycles. The van der Waals surface area contributed by atoms with Crippen LogP contribution in [0.1, 0.15) is 23.6 Å². The lowest BCUT2D eigenvalue weighted by atomic mass is 10.1. The van der Waals surface area contributed by atoms with Gasteiger partial charge in [-0.25, -0.2) is 0 Å². The van der Waals surface area contributed by atoms with Gasteiger partial charge in [-0.3, -0.25) is 0 Å². The Morgan fingerprint density at radius 2 is 1.77 bits per heavy atom. The van der Waals surface area contributed by atoms with Crippen LogP contribution in [0, 0.1) is 13.8 Å². The number of hydrogen-bond donors (Lipinski definition) is 1. The van der Waals surface area contributed by atoms with Crippen molar-refractivity contribution < 1.29 is 0 Å². The summed E-state index contributed by atoms with van der Waals surface area (Å²) in [6, 6.07) is 14.5. The number of aryl methyl sites for hydroxylation is 3. The molecule has 0 unspecified atom stereocenters. The van der Waals surface area contributed by atoms with E-state index in [9.17, 15) is 0 Å². The van der Waals surface area contributed by atoms with E-state index in [4.69, 9.17) is 5.73 Å². The molecular weight excluding hydrogens is 272 g/mol. The van der Waals surface area contributed by atoms with Crippen LogP contribution >= 0.6 is 0 Å². The van der Waals surface area contributed by atoms with Gasteiger partial charge in [0.2, 0.25) is 0 Å². The predicted octanol–water partition coefficient (Wildman–Crippen LogP) is 3.70. The summed E-state index contributed by atoms with van der Waals surface area (Å²) >= 11 is 0. The maximum Gasteiger partial charge on any atom is 0.155 e. The maximum atomic E-state index is 6.28. The predicted molar refractivity (Wildman–Crippen MR) is 90.1 cm³/mol. The lowest BCUT2D eigenvalue weighted by molar-refractivity contribution is 0.805. The largest absolute Gasteiger partial charge is 0.382 e. The van der Waals surface area contributed by atoms with E-state index >= 15 is 0 Å². The Bertz CT molecular complexity index is 800. The molecule has 0 aliphatic rings. The lowest BCUT2D eigenvalue weighted by Gasteiger charge is -2.08. The Labute approximate surface area is 130 Å². The zero-order valence-electron chi connectivity index (χ0n) is 13.2. The summed E-state index contributed by atoms with van der Waals surface area (Å²) in [4.78, 5) is 0. The molecular formula is C18H20N4. The Kier molecular flexibility index (Phi) is 3.67. The van der Waals surface area contributed by atoms with Crippen LogP contribution in [0.25, 0.3) is 16.9 Å². The Hall–Kier alpha value is -2.62. The fourth-order valence-electron chi connectivity index (χ4n) is 2.61. The van der Waals surface area contributed by atoms with E-state index in [0.29, 0.717) is 5.82 Å². The first-order valence-corrected chi connectivity index (χ1v) is 7.48. The Balaban J connectivity index is 2.04. The molecule has 0 atom stereocenters. The highest BCUT2D eigenvalue weighted by atomic mass is 15.5. The smallest absolute Gasteiger partial charge is 0.155 e. The zero-order valence-corrected chi connectivity index (χ0v) is 13.2. The van der Waals surface area contributed by atoms with Crippen molar-refractivity contribution in [2.24, 2.45) is 0 Å². The van der Waals surface area contributed by atoms with E-state index in [1.165, 1.54) is 11.1 Å². The van der Waals surface area contributed by atoms with Crippen LogP contribution in [0.5, 0.6) is 0 Å². The van der Waals surface area contributed by atoms with Crippen LogP contribution in [0.4, 0.5) is 5.82 Å². The number of rotatable bonds is 3. The van der Waals surface area contributed by atoms with Crippen molar-refractivity contribution in [2.45, 2.75) is 27.2 Å². The molecule has 1 heterocycles. The first kappa shape index (κ1) is 14.3. The van der Waals surface area contributed by atoms with Gasteiger partial charge in [0, 0.05) is 5.56 Å². The molecule has 4 heteroatoms.